The molecule has 1 atom stereocenters. The van der Waals surface area contributed by atoms with Gasteiger partial charge in [0.15, 0.2) is 11.5 Å². The first kappa shape index (κ1) is 16.8. The summed E-state index contributed by atoms with van der Waals surface area (Å²) in [5, 5.41) is 3.68. The van der Waals surface area contributed by atoms with E-state index >= 15 is 0 Å². The zero-order valence-corrected chi connectivity index (χ0v) is 14.9. The molecular formula is C18H19ClN6O. The van der Waals surface area contributed by atoms with Gasteiger partial charge in [-0.1, -0.05) is 29.8 Å². The first-order valence-corrected chi connectivity index (χ1v) is 9.00. The molecule has 1 fully saturated rings. The number of rotatable bonds is 4. The molecule has 26 heavy (non-hydrogen) atoms. The van der Waals surface area contributed by atoms with Crippen LogP contribution in [-0.4, -0.2) is 38.9 Å². The van der Waals surface area contributed by atoms with Crippen LogP contribution in [0.1, 0.15) is 18.4 Å². The number of carbonyl (C=O) groups is 1. The number of anilines is 1. The topological polar surface area (TPSA) is 86.8 Å². The van der Waals surface area contributed by atoms with E-state index in [9.17, 15) is 4.79 Å². The Kier molecular flexibility index (Phi) is 4.71. The van der Waals surface area contributed by atoms with E-state index in [1.54, 1.807) is 6.33 Å². The molecule has 3 heterocycles. The summed E-state index contributed by atoms with van der Waals surface area (Å²) >= 11 is 6.16. The predicted molar refractivity (Wildman–Crippen MR) is 99.9 cm³/mol. The van der Waals surface area contributed by atoms with Gasteiger partial charge in [-0.2, -0.15) is 0 Å². The number of piperidine rings is 1. The van der Waals surface area contributed by atoms with E-state index in [-0.39, 0.29) is 11.8 Å². The second-order valence-electron chi connectivity index (χ2n) is 6.39. The Labute approximate surface area is 155 Å². The molecule has 0 saturated carbocycles. The number of hydrogen-bond donors (Lipinski definition) is 2. The van der Waals surface area contributed by atoms with Crippen LogP contribution in [0, 0.1) is 5.92 Å². The first-order valence-electron chi connectivity index (χ1n) is 8.62. The Morgan fingerprint density at radius 2 is 2.19 bits per heavy atom. The molecule has 7 nitrogen and oxygen atoms in total. The van der Waals surface area contributed by atoms with Crippen LogP contribution in [0.5, 0.6) is 0 Å². The van der Waals surface area contributed by atoms with Crippen molar-refractivity contribution in [3.8, 4) is 0 Å². The fraction of sp³-hybridized carbons (Fsp3) is 0.333. The highest BCUT2D eigenvalue weighted by Crippen LogP contribution is 2.26. The lowest BCUT2D eigenvalue weighted by molar-refractivity contribution is -0.125. The van der Waals surface area contributed by atoms with Gasteiger partial charge in [-0.15, -0.1) is 0 Å². The molecule has 8 heteroatoms. The standard InChI is InChI=1S/C18H19ClN6O/c19-14-6-2-1-4-12(14)8-20-18(26)13-5-3-7-25(9-13)17-15-16(22-10-21-15)23-11-24-17/h1-2,4,6,10-11,13H,3,5,7-9H2,(H,20,26)(H,21,22,23,24)/t13-/m0/s1. The molecule has 0 radical (unpaired) electrons. The number of nitrogens with one attached hydrogen (secondary N) is 2. The molecule has 4 rings (SSSR count). The number of nitrogens with zero attached hydrogens (tertiary/aromatic N) is 4. The Hall–Kier alpha value is -2.67. The van der Waals surface area contributed by atoms with E-state index in [0.717, 1.165) is 36.3 Å². The number of benzene rings is 1. The summed E-state index contributed by atoms with van der Waals surface area (Å²) in [6.45, 7) is 1.92. The van der Waals surface area contributed by atoms with Crippen LogP contribution in [0.2, 0.25) is 5.02 Å². The molecule has 0 unspecified atom stereocenters. The SMILES string of the molecule is O=C(NCc1ccccc1Cl)[C@H]1CCCN(c2ncnc3nc[nH]c23)C1. The number of imidazole rings is 1. The van der Waals surface area contributed by atoms with Crippen LogP contribution >= 0.6 is 11.6 Å². The lowest BCUT2D eigenvalue weighted by Gasteiger charge is -2.32. The summed E-state index contributed by atoms with van der Waals surface area (Å²) < 4.78 is 0. The summed E-state index contributed by atoms with van der Waals surface area (Å²) in [4.78, 5) is 30.6. The third-order valence-electron chi connectivity index (χ3n) is 4.71. The normalized spacial score (nSPS) is 17.4. The second-order valence-corrected chi connectivity index (χ2v) is 6.80. The molecule has 1 amide bonds. The van der Waals surface area contributed by atoms with Gasteiger partial charge in [0.1, 0.15) is 11.8 Å². The molecule has 1 aliphatic rings. The third-order valence-corrected chi connectivity index (χ3v) is 5.07. The summed E-state index contributed by atoms with van der Waals surface area (Å²) in [5.41, 5.74) is 2.37. The Balaban J connectivity index is 1.44. The number of amides is 1. The van der Waals surface area contributed by atoms with Crippen LogP contribution < -0.4 is 10.2 Å². The largest absolute Gasteiger partial charge is 0.354 e. The quantitative estimate of drug-likeness (QED) is 0.737. The molecule has 3 aromatic rings. The van der Waals surface area contributed by atoms with Crippen LogP contribution in [0.25, 0.3) is 11.2 Å². The van der Waals surface area contributed by atoms with Crippen LogP contribution in [0.15, 0.2) is 36.9 Å². The van der Waals surface area contributed by atoms with Gasteiger partial charge in [0, 0.05) is 24.7 Å². The maximum absolute atomic E-state index is 12.6. The van der Waals surface area contributed by atoms with Crippen LogP contribution in [-0.2, 0) is 11.3 Å². The van der Waals surface area contributed by atoms with Crippen molar-refractivity contribution < 1.29 is 4.79 Å². The molecule has 134 valence electrons. The van der Waals surface area contributed by atoms with Gasteiger partial charge >= 0.3 is 0 Å². The number of hydrogen-bond acceptors (Lipinski definition) is 5. The maximum atomic E-state index is 12.6. The summed E-state index contributed by atoms with van der Waals surface area (Å²) in [7, 11) is 0. The summed E-state index contributed by atoms with van der Waals surface area (Å²) in [6, 6.07) is 7.55. The molecule has 0 bridgehead atoms. The third kappa shape index (κ3) is 3.35. The van der Waals surface area contributed by atoms with Crippen molar-refractivity contribution >= 4 is 34.5 Å². The van der Waals surface area contributed by atoms with Gasteiger partial charge in [0.25, 0.3) is 0 Å². The highest BCUT2D eigenvalue weighted by atomic mass is 35.5. The Bertz CT molecular complexity index is 927. The van der Waals surface area contributed by atoms with E-state index in [2.05, 4.69) is 30.2 Å². The number of fused-ring (bicyclic) bond motifs is 1. The van der Waals surface area contributed by atoms with E-state index in [4.69, 9.17) is 11.6 Å². The van der Waals surface area contributed by atoms with E-state index in [1.165, 1.54) is 6.33 Å². The molecule has 2 aromatic heterocycles. The number of aromatic amines is 1. The smallest absolute Gasteiger partial charge is 0.225 e. The number of aromatic nitrogens is 4. The van der Waals surface area contributed by atoms with Crippen molar-refractivity contribution in [3.63, 3.8) is 0 Å². The van der Waals surface area contributed by atoms with Crippen LogP contribution in [0.4, 0.5) is 5.82 Å². The fourth-order valence-electron chi connectivity index (χ4n) is 3.34. The first-order chi connectivity index (χ1) is 12.7. The molecule has 1 aromatic carbocycles. The molecule has 0 aliphatic carbocycles. The van der Waals surface area contributed by atoms with Crippen molar-refractivity contribution in [2.24, 2.45) is 5.92 Å². The number of carbonyl (C=O) groups excluding carboxylic acids is 1. The van der Waals surface area contributed by atoms with Gasteiger partial charge in [0.05, 0.1) is 12.2 Å². The summed E-state index contributed by atoms with van der Waals surface area (Å²) in [5.74, 6) is 0.764. The average molecular weight is 371 g/mol. The zero-order valence-electron chi connectivity index (χ0n) is 14.2. The lowest BCUT2D eigenvalue weighted by atomic mass is 9.97. The maximum Gasteiger partial charge on any atom is 0.225 e. The van der Waals surface area contributed by atoms with Crippen molar-refractivity contribution in [2.75, 3.05) is 18.0 Å². The zero-order chi connectivity index (χ0) is 17.9. The summed E-state index contributed by atoms with van der Waals surface area (Å²) in [6.07, 6.45) is 4.92. The van der Waals surface area contributed by atoms with Gasteiger partial charge in [-0.25, -0.2) is 15.0 Å². The predicted octanol–water partition coefficient (Wildman–Crippen LogP) is 2.54. The van der Waals surface area contributed by atoms with Gasteiger partial charge in [0.2, 0.25) is 5.91 Å². The monoisotopic (exact) mass is 370 g/mol. The van der Waals surface area contributed by atoms with Gasteiger partial charge < -0.3 is 15.2 Å². The molecular weight excluding hydrogens is 352 g/mol. The van der Waals surface area contributed by atoms with Crippen molar-refractivity contribution in [2.45, 2.75) is 19.4 Å². The van der Waals surface area contributed by atoms with Crippen molar-refractivity contribution in [1.29, 1.82) is 0 Å². The van der Waals surface area contributed by atoms with E-state index < -0.39 is 0 Å². The molecule has 2 N–H and O–H groups in total. The van der Waals surface area contributed by atoms with Gasteiger partial charge in [-0.05, 0) is 24.5 Å². The van der Waals surface area contributed by atoms with E-state index in [1.807, 2.05) is 24.3 Å². The molecule has 0 spiro atoms. The Morgan fingerprint density at radius 3 is 3.08 bits per heavy atom. The van der Waals surface area contributed by atoms with Crippen molar-refractivity contribution in [3.05, 3.63) is 47.5 Å². The van der Waals surface area contributed by atoms with E-state index in [0.29, 0.717) is 23.8 Å². The molecule has 1 aliphatic heterocycles. The fourth-order valence-corrected chi connectivity index (χ4v) is 3.55. The minimum atomic E-state index is -0.0841. The van der Waals surface area contributed by atoms with Crippen molar-refractivity contribution in [1.82, 2.24) is 25.3 Å². The highest BCUT2D eigenvalue weighted by Gasteiger charge is 2.27. The number of halogens is 1. The lowest BCUT2D eigenvalue weighted by Crippen LogP contribution is -2.43. The minimum absolute atomic E-state index is 0.0459. The average Bonchev–Trinajstić information content (AvgIpc) is 3.16. The Morgan fingerprint density at radius 1 is 1.31 bits per heavy atom. The van der Waals surface area contributed by atoms with Crippen LogP contribution in [0.3, 0.4) is 0 Å². The van der Waals surface area contributed by atoms with Gasteiger partial charge in [-0.3, -0.25) is 4.79 Å². The number of H-pyrrole nitrogens is 1. The second kappa shape index (κ2) is 7.29. The minimum Gasteiger partial charge on any atom is -0.354 e. The highest BCUT2D eigenvalue weighted by molar-refractivity contribution is 6.31. The molecule has 1 saturated heterocycles.